The van der Waals surface area contributed by atoms with Crippen LogP contribution in [0.3, 0.4) is 0 Å². The van der Waals surface area contributed by atoms with Crippen molar-refractivity contribution in [3.8, 4) is 0 Å². The molecular weight excluding hydrogens is 369 g/mol. The topological polar surface area (TPSA) is 49.4 Å². The van der Waals surface area contributed by atoms with Crippen LogP contribution in [0.1, 0.15) is 50.7 Å². The van der Waals surface area contributed by atoms with Gasteiger partial charge >= 0.3 is 6.18 Å². The predicted octanol–water partition coefficient (Wildman–Crippen LogP) is 4.26. The number of nitrogens with zero attached hydrogens (tertiary/aromatic N) is 1. The van der Waals surface area contributed by atoms with Crippen molar-refractivity contribution in [3.63, 3.8) is 0 Å². The van der Waals surface area contributed by atoms with Gasteiger partial charge in [-0.1, -0.05) is 25.5 Å². The molecule has 2 unspecified atom stereocenters. The second-order valence-electron chi connectivity index (χ2n) is 7.22. The Kier molecular flexibility index (Phi) is 7.66. The fourth-order valence-corrected chi connectivity index (χ4v) is 3.24. The maximum absolute atomic E-state index is 12.8. The summed E-state index contributed by atoms with van der Waals surface area (Å²) >= 11 is 0. The van der Waals surface area contributed by atoms with Gasteiger partial charge in [-0.2, -0.15) is 13.2 Å². The molecule has 7 heteroatoms. The molecule has 1 aliphatic heterocycles. The van der Waals surface area contributed by atoms with Crippen molar-refractivity contribution < 1.29 is 22.8 Å². The van der Waals surface area contributed by atoms with Gasteiger partial charge in [-0.25, -0.2) is 0 Å². The minimum absolute atomic E-state index is 0.0154. The molecule has 0 aromatic heterocycles. The fraction of sp³-hybridized carbons (Fsp3) is 0.524. The Morgan fingerprint density at radius 2 is 2.04 bits per heavy atom. The highest BCUT2D eigenvalue weighted by Crippen LogP contribution is 2.30. The van der Waals surface area contributed by atoms with Gasteiger partial charge in [0.2, 0.25) is 11.8 Å². The number of carbonyl (C=O) groups is 2. The number of likely N-dealkylation sites (tertiary alicyclic amines) is 1. The zero-order valence-electron chi connectivity index (χ0n) is 16.3. The Hall–Kier alpha value is -2.31. The third-order valence-electron chi connectivity index (χ3n) is 5.00. The van der Waals surface area contributed by atoms with Crippen LogP contribution in [-0.4, -0.2) is 35.8 Å². The second kappa shape index (κ2) is 9.75. The van der Waals surface area contributed by atoms with Crippen LogP contribution in [-0.2, 0) is 15.8 Å². The number of hydrogen-bond donors (Lipinski definition) is 1. The molecule has 0 radical (unpaired) electrons. The van der Waals surface area contributed by atoms with Gasteiger partial charge in [-0.05, 0) is 50.0 Å². The lowest BCUT2D eigenvalue weighted by molar-refractivity contribution is -0.137. The molecule has 0 saturated carbocycles. The highest BCUT2D eigenvalue weighted by Gasteiger charge is 2.32. The van der Waals surface area contributed by atoms with Crippen LogP contribution in [0.25, 0.3) is 6.08 Å². The molecule has 0 spiro atoms. The van der Waals surface area contributed by atoms with E-state index in [2.05, 4.69) is 5.32 Å². The maximum atomic E-state index is 12.8. The first kappa shape index (κ1) is 22.0. The van der Waals surface area contributed by atoms with E-state index in [1.54, 1.807) is 4.90 Å². The fourth-order valence-electron chi connectivity index (χ4n) is 3.24. The molecule has 1 aliphatic rings. The minimum atomic E-state index is -4.42. The standard InChI is InChI=1S/C21H27F3N2O2/c1-3-4-12-25-20(28)17-10-8-15(2)26(14-17)19(27)11-9-16-6-5-7-18(13-16)21(22,23)24/h5-7,9,11,13,15,17H,3-4,8,10,12,14H2,1-2H3,(H,25,28)/b11-9+. The third kappa shape index (κ3) is 6.11. The average molecular weight is 396 g/mol. The summed E-state index contributed by atoms with van der Waals surface area (Å²) in [6.07, 6.45) is 1.59. The van der Waals surface area contributed by atoms with Crippen LogP contribution in [0, 0.1) is 5.92 Å². The van der Waals surface area contributed by atoms with E-state index in [0.717, 1.165) is 37.8 Å². The van der Waals surface area contributed by atoms with Gasteiger partial charge in [0, 0.05) is 25.2 Å². The van der Waals surface area contributed by atoms with Crippen LogP contribution in [0.4, 0.5) is 13.2 Å². The number of piperidine rings is 1. The molecular formula is C21H27F3N2O2. The van der Waals surface area contributed by atoms with Crippen LogP contribution < -0.4 is 5.32 Å². The molecule has 2 atom stereocenters. The highest BCUT2D eigenvalue weighted by atomic mass is 19.4. The molecule has 2 rings (SSSR count). The molecule has 1 heterocycles. The zero-order valence-corrected chi connectivity index (χ0v) is 16.3. The van der Waals surface area contributed by atoms with Crippen molar-refractivity contribution >= 4 is 17.9 Å². The monoisotopic (exact) mass is 396 g/mol. The van der Waals surface area contributed by atoms with Crippen LogP contribution in [0.2, 0.25) is 0 Å². The van der Waals surface area contributed by atoms with E-state index in [1.165, 1.54) is 24.3 Å². The lowest BCUT2D eigenvalue weighted by Gasteiger charge is -2.36. The first-order valence-electron chi connectivity index (χ1n) is 9.66. The first-order valence-corrected chi connectivity index (χ1v) is 9.66. The van der Waals surface area contributed by atoms with Crippen molar-refractivity contribution in [3.05, 3.63) is 41.5 Å². The summed E-state index contributed by atoms with van der Waals surface area (Å²) in [5.74, 6) is -0.588. The van der Waals surface area contributed by atoms with Crippen molar-refractivity contribution in [1.82, 2.24) is 10.2 Å². The predicted molar refractivity (Wildman–Crippen MR) is 102 cm³/mol. The Labute approximate surface area is 163 Å². The number of benzene rings is 1. The summed E-state index contributed by atoms with van der Waals surface area (Å²) < 4.78 is 38.4. The molecule has 2 amide bonds. The van der Waals surface area contributed by atoms with Gasteiger partial charge in [0.05, 0.1) is 11.5 Å². The Bertz CT molecular complexity index is 716. The lowest BCUT2D eigenvalue weighted by Crippen LogP contribution is -2.49. The number of nitrogens with one attached hydrogen (secondary N) is 1. The van der Waals surface area contributed by atoms with Gasteiger partial charge in [-0.3, -0.25) is 9.59 Å². The summed E-state index contributed by atoms with van der Waals surface area (Å²) in [6, 6.07) is 4.81. The number of alkyl halides is 3. The highest BCUT2D eigenvalue weighted by molar-refractivity contribution is 5.92. The second-order valence-corrected chi connectivity index (χ2v) is 7.22. The number of amides is 2. The molecule has 28 heavy (non-hydrogen) atoms. The summed E-state index contributed by atoms with van der Waals surface area (Å²) in [4.78, 5) is 26.5. The number of carbonyl (C=O) groups excluding carboxylic acids is 2. The van der Waals surface area contributed by atoms with Crippen LogP contribution >= 0.6 is 0 Å². The van der Waals surface area contributed by atoms with E-state index in [1.807, 2.05) is 13.8 Å². The Morgan fingerprint density at radius 1 is 1.29 bits per heavy atom. The van der Waals surface area contributed by atoms with Gasteiger partial charge in [0.1, 0.15) is 0 Å². The largest absolute Gasteiger partial charge is 0.416 e. The van der Waals surface area contributed by atoms with Gasteiger partial charge in [0.15, 0.2) is 0 Å². The van der Waals surface area contributed by atoms with E-state index >= 15 is 0 Å². The normalized spacial score (nSPS) is 20.4. The van der Waals surface area contributed by atoms with Gasteiger partial charge < -0.3 is 10.2 Å². The number of rotatable bonds is 6. The molecule has 1 N–H and O–H groups in total. The molecule has 0 aliphatic carbocycles. The van der Waals surface area contributed by atoms with E-state index in [-0.39, 0.29) is 23.8 Å². The van der Waals surface area contributed by atoms with E-state index < -0.39 is 11.7 Å². The lowest BCUT2D eigenvalue weighted by atomic mass is 9.92. The summed E-state index contributed by atoms with van der Waals surface area (Å²) in [5.41, 5.74) is -0.445. The van der Waals surface area contributed by atoms with Crippen molar-refractivity contribution in [1.29, 1.82) is 0 Å². The van der Waals surface area contributed by atoms with Crippen LogP contribution in [0.5, 0.6) is 0 Å². The molecule has 4 nitrogen and oxygen atoms in total. The molecule has 1 fully saturated rings. The maximum Gasteiger partial charge on any atom is 0.416 e. The van der Waals surface area contributed by atoms with Crippen molar-refractivity contribution in [2.45, 2.75) is 51.7 Å². The summed E-state index contributed by atoms with van der Waals surface area (Å²) in [5, 5.41) is 2.90. The first-order chi connectivity index (χ1) is 13.2. The molecule has 1 aromatic rings. The van der Waals surface area contributed by atoms with Gasteiger partial charge in [-0.15, -0.1) is 0 Å². The van der Waals surface area contributed by atoms with E-state index in [4.69, 9.17) is 0 Å². The number of unbranched alkanes of at least 4 members (excludes halogenated alkanes) is 1. The minimum Gasteiger partial charge on any atom is -0.356 e. The molecule has 0 bridgehead atoms. The van der Waals surface area contributed by atoms with Crippen molar-refractivity contribution in [2.75, 3.05) is 13.1 Å². The number of halogens is 3. The van der Waals surface area contributed by atoms with Crippen LogP contribution in [0.15, 0.2) is 30.3 Å². The molecule has 1 aromatic carbocycles. The average Bonchev–Trinajstić information content (AvgIpc) is 2.66. The Balaban J connectivity index is 2.02. The smallest absolute Gasteiger partial charge is 0.356 e. The van der Waals surface area contributed by atoms with Crippen molar-refractivity contribution in [2.24, 2.45) is 5.92 Å². The Morgan fingerprint density at radius 3 is 2.71 bits per heavy atom. The summed E-state index contributed by atoms with van der Waals surface area (Å²) in [6.45, 7) is 4.92. The van der Waals surface area contributed by atoms with E-state index in [0.29, 0.717) is 18.7 Å². The zero-order chi connectivity index (χ0) is 20.7. The molecule has 1 saturated heterocycles. The van der Waals surface area contributed by atoms with E-state index in [9.17, 15) is 22.8 Å². The molecule has 154 valence electrons. The quantitative estimate of drug-likeness (QED) is 0.577. The SMILES string of the molecule is CCCCNC(=O)C1CCC(C)N(C(=O)/C=C/c2cccc(C(F)(F)F)c2)C1. The van der Waals surface area contributed by atoms with Gasteiger partial charge in [0.25, 0.3) is 0 Å². The third-order valence-corrected chi connectivity index (χ3v) is 5.00. The number of hydrogen-bond acceptors (Lipinski definition) is 2. The summed E-state index contributed by atoms with van der Waals surface area (Å²) in [7, 11) is 0.